The Balaban J connectivity index is 3.60. The molecule has 5 nitrogen and oxygen atoms in total. The van der Waals surface area contributed by atoms with Crippen molar-refractivity contribution in [2.75, 3.05) is 6.54 Å². The summed E-state index contributed by atoms with van der Waals surface area (Å²) in [6.07, 6.45) is 0.763. The lowest BCUT2D eigenvalue weighted by Gasteiger charge is -1.96. The van der Waals surface area contributed by atoms with E-state index in [9.17, 15) is 9.59 Å². The maximum atomic E-state index is 10.2. The molecular formula is C7H11NO4. The molecule has 0 saturated heterocycles. The van der Waals surface area contributed by atoms with Gasteiger partial charge in [-0.05, 0) is 13.3 Å². The van der Waals surface area contributed by atoms with Crippen molar-refractivity contribution >= 4 is 12.1 Å². The Morgan fingerprint density at radius 1 is 1.42 bits per heavy atom. The van der Waals surface area contributed by atoms with Crippen molar-refractivity contribution in [2.24, 2.45) is 0 Å². The van der Waals surface area contributed by atoms with E-state index in [0.29, 0.717) is 6.42 Å². The molecule has 0 saturated carbocycles. The standard InChI is InChI=1S/C7H11NO4/c1-5(6(9)10)3-2-4-8-7(11)12/h3,8H,2,4H2,1H3,(H,9,10)(H,11,12). The van der Waals surface area contributed by atoms with Gasteiger partial charge >= 0.3 is 12.1 Å². The molecule has 0 aromatic heterocycles. The summed E-state index contributed by atoms with van der Waals surface area (Å²) in [6, 6.07) is 0. The Labute approximate surface area is 69.7 Å². The van der Waals surface area contributed by atoms with Crippen molar-refractivity contribution in [1.82, 2.24) is 5.32 Å². The third kappa shape index (κ3) is 5.28. The molecule has 0 rings (SSSR count). The van der Waals surface area contributed by atoms with Crippen LogP contribution < -0.4 is 5.32 Å². The fourth-order valence-electron chi connectivity index (χ4n) is 0.555. The van der Waals surface area contributed by atoms with Crippen molar-refractivity contribution in [3.8, 4) is 0 Å². The van der Waals surface area contributed by atoms with Crippen LogP contribution in [0, 0.1) is 0 Å². The Bertz CT molecular complexity index is 209. The second kappa shape index (κ2) is 5.17. The van der Waals surface area contributed by atoms with Crippen LogP contribution in [0.4, 0.5) is 4.79 Å². The second-order valence-electron chi connectivity index (χ2n) is 2.21. The zero-order valence-corrected chi connectivity index (χ0v) is 6.70. The number of hydrogen-bond acceptors (Lipinski definition) is 2. The van der Waals surface area contributed by atoms with Crippen LogP contribution in [0.3, 0.4) is 0 Å². The van der Waals surface area contributed by atoms with Gasteiger partial charge in [-0.2, -0.15) is 0 Å². The summed E-state index contributed by atoms with van der Waals surface area (Å²) in [7, 11) is 0. The number of carbonyl (C=O) groups is 2. The van der Waals surface area contributed by atoms with Gasteiger partial charge in [-0.3, -0.25) is 0 Å². The van der Waals surface area contributed by atoms with Crippen LogP contribution in [0.25, 0.3) is 0 Å². The molecule has 5 heteroatoms. The number of aliphatic carboxylic acids is 1. The third-order valence-electron chi connectivity index (χ3n) is 1.21. The number of carboxylic acid groups (broad SMARTS) is 2. The van der Waals surface area contributed by atoms with Gasteiger partial charge in [0.2, 0.25) is 0 Å². The van der Waals surface area contributed by atoms with Crippen LogP contribution in [0.2, 0.25) is 0 Å². The minimum atomic E-state index is -1.10. The van der Waals surface area contributed by atoms with E-state index in [2.05, 4.69) is 5.32 Å². The summed E-state index contributed by atoms with van der Waals surface area (Å²) in [5, 5.41) is 18.6. The van der Waals surface area contributed by atoms with E-state index in [1.807, 2.05) is 0 Å². The predicted octanol–water partition coefficient (Wildman–Crippen LogP) is 0.675. The van der Waals surface area contributed by atoms with Crippen LogP contribution >= 0.6 is 0 Å². The third-order valence-corrected chi connectivity index (χ3v) is 1.21. The molecule has 0 aliphatic carbocycles. The lowest BCUT2D eigenvalue weighted by molar-refractivity contribution is -0.132. The minimum absolute atomic E-state index is 0.224. The van der Waals surface area contributed by atoms with Gasteiger partial charge in [0.25, 0.3) is 0 Å². The Morgan fingerprint density at radius 2 is 2.00 bits per heavy atom. The highest BCUT2D eigenvalue weighted by Gasteiger charge is 1.98. The molecule has 1 amide bonds. The zero-order valence-electron chi connectivity index (χ0n) is 6.70. The molecular weight excluding hydrogens is 162 g/mol. The van der Waals surface area contributed by atoms with Crippen LogP contribution in [0.5, 0.6) is 0 Å². The van der Waals surface area contributed by atoms with Gasteiger partial charge in [0.05, 0.1) is 0 Å². The van der Waals surface area contributed by atoms with E-state index in [0.717, 1.165) is 0 Å². The van der Waals surface area contributed by atoms with Gasteiger partial charge in [-0.1, -0.05) is 6.08 Å². The maximum absolute atomic E-state index is 10.2. The fourth-order valence-corrected chi connectivity index (χ4v) is 0.555. The highest BCUT2D eigenvalue weighted by Crippen LogP contribution is 1.93. The van der Waals surface area contributed by atoms with E-state index in [4.69, 9.17) is 10.2 Å². The Hall–Kier alpha value is -1.52. The van der Waals surface area contributed by atoms with Crippen LogP contribution in [0.1, 0.15) is 13.3 Å². The first-order valence-electron chi connectivity index (χ1n) is 3.41. The minimum Gasteiger partial charge on any atom is -0.478 e. The van der Waals surface area contributed by atoms with Gasteiger partial charge in [0.15, 0.2) is 0 Å². The van der Waals surface area contributed by atoms with Crippen LogP contribution in [-0.4, -0.2) is 28.8 Å². The number of amides is 1. The molecule has 0 aliphatic heterocycles. The monoisotopic (exact) mass is 173 g/mol. The van der Waals surface area contributed by atoms with Crippen LogP contribution in [0.15, 0.2) is 11.6 Å². The molecule has 12 heavy (non-hydrogen) atoms. The number of nitrogens with one attached hydrogen (secondary N) is 1. The summed E-state index contributed by atoms with van der Waals surface area (Å²) >= 11 is 0. The highest BCUT2D eigenvalue weighted by molar-refractivity contribution is 5.85. The first kappa shape index (κ1) is 10.5. The zero-order chi connectivity index (χ0) is 9.56. The number of hydrogen-bond donors (Lipinski definition) is 3. The van der Waals surface area contributed by atoms with Crippen LogP contribution in [-0.2, 0) is 4.79 Å². The molecule has 0 spiro atoms. The summed E-state index contributed by atoms with van der Waals surface area (Å²) in [5.74, 6) is -0.981. The van der Waals surface area contributed by atoms with Crippen molar-refractivity contribution in [3.63, 3.8) is 0 Å². The van der Waals surface area contributed by atoms with Gasteiger partial charge in [0.1, 0.15) is 0 Å². The van der Waals surface area contributed by atoms with E-state index in [1.165, 1.54) is 13.0 Å². The molecule has 3 N–H and O–H groups in total. The first-order valence-corrected chi connectivity index (χ1v) is 3.41. The van der Waals surface area contributed by atoms with E-state index in [-0.39, 0.29) is 12.1 Å². The summed E-state index contributed by atoms with van der Waals surface area (Å²) < 4.78 is 0. The summed E-state index contributed by atoms with van der Waals surface area (Å²) in [5.41, 5.74) is 0.224. The largest absolute Gasteiger partial charge is 0.478 e. The van der Waals surface area contributed by atoms with E-state index >= 15 is 0 Å². The SMILES string of the molecule is CC(=CCCNC(=O)O)C(=O)O. The normalized spacial score (nSPS) is 10.9. The quantitative estimate of drug-likeness (QED) is 0.431. The van der Waals surface area contributed by atoms with Gasteiger partial charge in [-0.15, -0.1) is 0 Å². The molecule has 0 radical (unpaired) electrons. The van der Waals surface area contributed by atoms with Crippen molar-refractivity contribution in [1.29, 1.82) is 0 Å². The van der Waals surface area contributed by atoms with Crippen molar-refractivity contribution in [3.05, 3.63) is 11.6 Å². The predicted molar refractivity (Wildman–Crippen MR) is 42.0 cm³/mol. The molecule has 0 aliphatic rings. The molecule has 0 atom stereocenters. The first-order chi connectivity index (χ1) is 5.54. The molecule has 0 aromatic rings. The molecule has 0 heterocycles. The number of carboxylic acids is 1. The summed E-state index contributed by atoms with van der Waals surface area (Å²) in [4.78, 5) is 20.2. The number of rotatable bonds is 4. The van der Waals surface area contributed by atoms with Gasteiger partial charge < -0.3 is 15.5 Å². The molecule has 0 fully saturated rings. The Morgan fingerprint density at radius 3 is 2.42 bits per heavy atom. The van der Waals surface area contributed by atoms with E-state index < -0.39 is 12.1 Å². The van der Waals surface area contributed by atoms with Gasteiger partial charge in [-0.25, -0.2) is 9.59 Å². The Kier molecular flexibility index (Phi) is 4.52. The second-order valence-corrected chi connectivity index (χ2v) is 2.21. The maximum Gasteiger partial charge on any atom is 0.404 e. The lowest BCUT2D eigenvalue weighted by Crippen LogP contribution is -2.21. The summed E-state index contributed by atoms with van der Waals surface area (Å²) in [6.45, 7) is 1.70. The topological polar surface area (TPSA) is 86.6 Å². The van der Waals surface area contributed by atoms with Crippen molar-refractivity contribution in [2.45, 2.75) is 13.3 Å². The van der Waals surface area contributed by atoms with Gasteiger partial charge in [0, 0.05) is 12.1 Å². The highest BCUT2D eigenvalue weighted by atomic mass is 16.4. The average molecular weight is 173 g/mol. The molecule has 68 valence electrons. The fraction of sp³-hybridized carbons (Fsp3) is 0.429. The smallest absolute Gasteiger partial charge is 0.404 e. The van der Waals surface area contributed by atoms with E-state index in [1.54, 1.807) is 0 Å². The molecule has 0 aromatic carbocycles. The molecule has 0 bridgehead atoms. The molecule has 0 unspecified atom stereocenters. The average Bonchev–Trinajstić information content (AvgIpc) is 1.97. The van der Waals surface area contributed by atoms with Crippen molar-refractivity contribution < 1.29 is 19.8 Å². The lowest BCUT2D eigenvalue weighted by atomic mass is 10.2.